The van der Waals surface area contributed by atoms with Crippen LogP contribution in [0, 0.1) is 0 Å². The van der Waals surface area contributed by atoms with E-state index in [0.717, 1.165) is 19.6 Å². The summed E-state index contributed by atoms with van der Waals surface area (Å²) in [4.78, 5) is 0. The largest absolute Gasteiger partial charge is 0.382 e. The molecular weight excluding hydrogens is 142 g/mol. The molecule has 0 bridgehead atoms. The van der Waals surface area contributed by atoms with Crippen molar-refractivity contribution in [1.29, 1.82) is 0 Å². The van der Waals surface area contributed by atoms with Crippen molar-refractivity contribution in [2.24, 2.45) is 0 Å². The summed E-state index contributed by atoms with van der Waals surface area (Å²) < 4.78 is 10.3. The molecule has 68 valence electrons. The van der Waals surface area contributed by atoms with Gasteiger partial charge >= 0.3 is 0 Å². The Labute approximate surface area is 69.1 Å². The molecule has 11 heavy (non-hydrogen) atoms. The minimum Gasteiger partial charge on any atom is -0.382 e. The van der Waals surface area contributed by atoms with Crippen LogP contribution in [0.4, 0.5) is 0 Å². The molecule has 0 aromatic carbocycles. The summed E-state index contributed by atoms with van der Waals surface area (Å²) in [6, 6.07) is 0. The number of ether oxygens (including phenoxy) is 2. The van der Waals surface area contributed by atoms with Gasteiger partial charge in [0, 0.05) is 13.7 Å². The van der Waals surface area contributed by atoms with Crippen LogP contribution >= 0.6 is 0 Å². The molecule has 0 fully saturated rings. The third-order valence-corrected chi connectivity index (χ3v) is 1.37. The molecule has 0 aliphatic heterocycles. The second-order valence-corrected chi connectivity index (χ2v) is 2.59. The van der Waals surface area contributed by atoms with Crippen molar-refractivity contribution in [3.63, 3.8) is 0 Å². The lowest BCUT2D eigenvalue weighted by atomic mass is 10.4. The highest BCUT2D eigenvalue weighted by Gasteiger charge is 1.98. The maximum absolute atomic E-state index is 5.42. The average molecular weight is 161 g/mol. The third-order valence-electron chi connectivity index (χ3n) is 1.37. The van der Waals surface area contributed by atoms with Gasteiger partial charge in [-0.2, -0.15) is 0 Å². The number of hydrogen-bond donors (Lipinski definition) is 1. The lowest BCUT2D eigenvalue weighted by Gasteiger charge is -2.11. The summed E-state index contributed by atoms with van der Waals surface area (Å²) >= 11 is 0. The zero-order valence-corrected chi connectivity index (χ0v) is 7.72. The highest BCUT2D eigenvalue weighted by Crippen LogP contribution is 1.91. The minimum absolute atomic E-state index is 0.219. The molecule has 0 amide bonds. The highest BCUT2D eigenvalue weighted by atomic mass is 16.5. The third kappa shape index (κ3) is 7.78. The summed E-state index contributed by atoms with van der Waals surface area (Å²) in [5.41, 5.74) is 0. The lowest BCUT2D eigenvalue weighted by molar-refractivity contribution is 0.00852. The lowest BCUT2D eigenvalue weighted by Crippen LogP contribution is -2.18. The molecule has 0 aromatic heterocycles. The first-order chi connectivity index (χ1) is 5.31. The molecule has 3 heteroatoms. The second kappa shape index (κ2) is 7.98. The van der Waals surface area contributed by atoms with Crippen molar-refractivity contribution in [3.05, 3.63) is 0 Å². The van der Waals surface area contributed by atoms with Crippen LogP contribution < -0.4 is 5.32 Å². The van der Waals surface area contributed by atoms with Crippen molar-refractivity contribution in [3.8, 4) is 0 Å². The summed E-state index contributed by atoms with van der Waals surface area (Å²) in [5.74, 6) is 0. The Morgan fingerprint density at radius 2 is 2.18 bits per heavy atom. The number of rotatable bonds is 7. The van der Waals surface area contributed by atoms with Crippen LogP contribution in [-0.4, -0.2) is 40.0 Å². The van der Waals surface area contributed by atoms with Crippen LogP contribution in [0.3, 0.4) is 0 Å². The zero-order valence-electron chi connectivity index (χ0n) is 7.72. The first-order valence-corrected chi connectivity index (χ1v) is 4.06. The Morgan fingerprint density at radius 1 is 1.45 bits per heavy atom. The smallest absolute Gasteiger partial charge is 0.0780 e. The fourth-order valence-electron chi connectivity index (χ4n) is 0.816. The molecule has 0 aliphatic rings. The molecule has 0 aromatic rings. The van der Waals surface area contributed by atoms with Gasteiger partial charge in [0.15, 0.2) is 0 Å². The normalized spacial score (nSPS) is 13.4. The van der Waals surface area contributed by atoms with Crippen molar-refractivity contribution in [2.45, 2.75) is 19.4 Å². The fourth-order valence-corrected chi connectivity index (χ4v) is 0.816. The topological polar surface area (TPSA) is 30.5 Å². The molecule has 0 saturated carbocycles. The highest BCUT2D eigenvalue weighted by molar-refractivity contribution is 4.47. The van der Waals surface area contributed by atoms with Gasteiger partial charge in [0.25, 0.3) is 0 Å². The van der Waals surface area contributed by atoms with Crippen molar-refractivity contribution < 1.29 is 9.47 Å². The Hall–Kier alpha value is -0.120. The first kappa shape index (κ1) is 10.9. The van der Waals surface area contributed by atoms with E-state index in [1.807, 2.05) is 14.0 Å². The van der Waals surface area contributed by atoms with E-state index in [1.54, 1.807) is 7.11 Å². The minimum atomic E-state index is 0.219. The molecule has 0 rings (SSSR count). The van der Waals surface area contributed by atoms with Gasteiger partial charge in [0.2, 0.25) is 0 Å². The standard InChI is InChI=1S/C8H19NO2/c1-8(7-10-3)11-6-4-5-9-2/h8-9H,4-7H2,1-3H3. The predicted molar refractivity (Wildman–Crippen MR) is 45.8 cm³/mol. The molecule has 0 heterocycles. The quantitative estimate of drug-likeness (QED) is 0.556. The Balaban J connectivity index is 2.97. The van der Waals surface area contributed by atoms with Gasteiger partial charge < -0.3 is 14.8 Å². The van der Waals surface area contributed by atoms with Gasteiger partial charge in [0.1, 0.15) is 0 Å². The maximum atomic E-state index is 5.42. The Morgan fingerprint density at radius 3 is 2.73 bits per heavy atom. The average Bonchev–Trinajstić information content (AvgIpc) is 1.99. The fraction of sp³-hybridized carbons (Fsp3) is 1.00. The molecule has 1 N–H and O–H groups in total. The van der Waals surface area contributed by atoms with E-state index in [9.17, 15) is 0 Å². The molecule has 0 radical (unpaired) electrons. The van der Waals surface area contributed by atoms with Crippen molar-refractivity contribution in [2.75, 3.05) is 33.9 Å². The van der Waals surface area contributed by atoms with Crippen LogP contribution in [0.2, 0.25) is 0 Å². The summed E-state index contributed by atoms with van der Waals surface area (Å²) in [5, 5.41) is 3.06. The van der Waals surface area contributed by atoms with Crippen LogP contribution in [0.15, 0.2) is 0 Å². The van der Waals surface area contributed by atoms with Crippen LogP contribution in [-0.2, 0) is 9.47 Å². The summed E-state index contributed by atoms with van der Waals surface area (Å²) in [7, 11) is 3.63. The maximum Gasteiger partial charge on any atom is 0.0780 e. The van der Waals surface area contributed by atoms with Gasteiger partial charge in [-0.25, -0.2) is 0 Å². The first-order valence-electron chi connectivity index (χ1n) is 4.06. The van der Waals surface area contributed by atoms with Crippen molar-refractivity contribution in [1.82, 2.24) is 5.32 Å². The van der Waals surface area contributed by atoms with Gasteiger partial charge in [-0.1, -0.05) is 0 Å². The van der Waals surface area contributed by atoms with Crippen LogP contribution in [0.5, 0.6) is 0 Å². The number of hydrogen-bond acceptors (Lipinski definition) is 3. The van der Waals surface area contributed by atoms with E-state index >= 15 is 0 Å². The SMILES string of the molecule is CNCCCOC(C)COC. The molecular formula is C8H19NO2. The Bertz CT molecular complexity index is 78.5. The molecule has 1 atom stereocenters. The predicted octanol–water partition coefficient (Wildman–Crippen LogP) is 0.647. The van der Waals surface area contributed by atoms with Crippen LogP contribution in [0.1, 0.15) is 13.3 Å². The molecule has 0 spiro atoms. The molecule has 3 nitrogen and oxygen atoms in total. The molecule has 1 unspecified atom stereocenters. The van der Waals surface area contributed by atoms with Gasteiger partial charge in [0.05, 0.1) is 12.7 Å². The van der Waals surface area contributed by atoms with Gasteiger partial charge in [-0.05, 0) is 26.9 Å². The van der Waals surface area contributed by atoms with Gasteiger partial charge in [-0.3, -0.25) is 0 Å². The molecule has 0 aliphatic carbocycles. The van der Waals surface area contributed by atoms with E-state index in [2.05, 4.69) is 5.32 Å². The summed E-state index contributed by atoms with van der Waals surface area (Å²) in [6.07, 6.45) is 1.28. The van der Waals surface area contributed by atoms with Crippen molar-refractivity contribution >= 4 is 0 Å². The van der Waals surface area contributed by atoms with Crippen LogP contribution in [0.25, 0.3) is 0 Å². The molecule has 0 saturated heterocycles. The zero-order chi connectivity index (χ0) is 8.53. The summed E-state index contributed by atoms with van der Waals surface area (Å²) in [6.45, 7) is 4.52. The van der Waals surface area contributed by atoms with E-state index in [1.165, 1.54) is 0 Å². The Kier molecular flexibility index (Phi) is 7.89. The second-order valence-electron chi connectivity index (χ2n) is 2.59. The number of nitrogens with one attached hydrogen (secondary N) is 1. The van der Waals surface area contributed by atoms with E-state index in [4.69, 9.17) is 9.47 Å². The van der Waals surface area contributed by atoms with E-state index < -0.39 is 0 Å². The monoisotopic (exact) mass is 161 g/mol. The van der Waals surface area contributed by atoms with E-state index in [-0.39, 0.29) is 6.10 Å². The number of methoxy groups -OCH3 is 1. The van der Waals surface area contributed by atoms with Gasteiger partial charge in [-0.15, -0.1) is 0 Å². The van der Waals surface area contributed by atoms with E-state index in [0.29, 0.717) is 6.61 Å².